The molecule has 2 aliphatic heterocycles. The molecule has 2 heterocycles. The molecule has 0 amide bonds. The van der Waals surface area contributed by atoms with Crippen LogP contribution in [0.1, 0.15) is 17.0 Å². The number of hydrogen-bond acceptors (Lipinski definition) is 9. The Hall–Kier alpha value is -3.75. The maximum absolute atomic E-state index is 12.9. The topological polar surface area (TPSA) is 90.9 Å². The zero-order chi connectivity index (χ0) is 22.8. The van der Waals surface area contributed by atoms with Gasteiger partial charge in [-0.2, -0.15) is 0 Å². The van der Waals surface area contributed by atoms with E-state index in [-0.39, 0.29) is 13.4 Å². The molecule has 0 radical (unpaired) electrons. The predicted molar refractivity (Wildman–Crippen MR) is 112 cm³/mol. The van der Waals surface area contributed by atoms with Crippen LogP contribution in [-0.2, 0) is 14.3 Å². The van der Waals surface area contributed by atoms with Crippen molar-refractivity contribution in [1.82, 2.24) is 0 Å². The summed E-state index contributed by atoms with van der Waals surface area (Å²) >= 11 is 0. The molecule has 2 aromatic rings. The quantitative estimate of drug-likeness (QED) is 0.570. The lowest BCUT2D eigenvalue weighted by Gasteiger charge is -2.23. The molecular weight excluding hydrogens is 420 g/mol. The average molecular weight is 444 g/mol. The van der Waals surface area contributed by atoms with Gasteiger partial charge in [0.05, 0.1) is 41.1 Å². The molecule has 0 aromatic heterocycles. The van der Waals surface area contributed by atoms with Gasteiger partial charge in [0, 0.05) is 17.5 Å². The second-order valence-electron chi connectivity index (χ2n) is 6.96. The molecule has 0 saturated carbocycles. The number of esters is 1. The molecule has 0 bridgehead atoms. The minimum Gasteiger partial charge on any atom is -0.497 e. The minimum absolute atomic E-state index is 0.0401. The minimum atomic E-state index is -0.641. The summed E-state index contributed by atoms with van der Waals surface area (Å²) in [6.07, 6.45) is 0. The third-order valence-corrected chi connectivity index (χ3v) is 5.45. The van der Waals surface area contributed by atoms with Crippen LogP contribution in [0.5, 0.6) is 34.5 Å². The maximum Gasteiger partial charge on any atom is 0.338 e. The Morgan fingerprint density at radius 3 is 1.94 bits per heavy atom. The normalized spacial score (nSPS) is 15.3. The van der Waals surface area contributed by atoms with Gasteiger partial charge in [0.2, 0.25) is 12.5 Å². The standard InChI is InChI=1S/C23H24O9/c1-25-14-9-16-15(31-11-32-16)8-13(14)20(21-19(28-4)10-30-23(21)24)12-6-17(26-2)22(29-5)18(7-12)27-3/h6-9,20H,10-11H2,1-5H3. The summed E-state index contributed by atoms with van der Waals surface area (Å²) < 4.78 is 44.0. The highest BCUT2D eigenvalue weighted by atomic mass is 16.7. The van der Waals surface area contributed by atoms with Gasteiger partial charge < -0.3 is 37.9 Å². The highest BCUT2D eigenvalue weighted by Gasteiger charge is 2.38. The average Bonchev–Trinajstić information content (AvgIpc) is 3.43. The number of benzene rings is 2. The summed E-state index contributed by atoms with van der Waals surface area (Å²) in [4.78, 5) is 12.9. The Balaban J connectivity index is 2.01. The summed E-state index contributed by atoms with van der Waals surface area (Å²) in [7, 11) is 7.63. The largest absolute Gasteiger partial charge is 0.497 e. The Kier molecular flexibility index (Phi) is 5.89. The second kappa shape index (κ2) is 8.78. The van der Waals surface area contributed by atoms with E-state index < -0.39 is 11.9 Å². The van der Waals surface area contributed by atoms with Gasteiger partial charge in [-0.25, -0.2) is 4.79 Å². The zero-order valence-corrected chi connectivity index (χ0v) is 18.5. The van der Waals surface area contributed by atoms with Gasteiger partial charge >= 0.3 is 5.97 Å². The van der Waals surface area contributed by atoms with E-state index in [1.807, 2.05) is 0 Å². The SMILES string of the molecule is COC1=C(C(c2cc(OC)c(OC)c(OC)c2)c2cc3c(cc2OC)OCO3)C(=O)OC1. The van der Waals surface area contributed by atoms with E-state index >= 15 is 0 Å². The van der Waals surface area contributed by atoms with Gasteiger partial charge in [-0.05, 0) is 23.8 Å². The van der Waals surface area contributed by atoms with Crippen LogP contribution in [-0.4, -0.2) is 54.9 Å². The van der Waals surface area contributed by atoms with E-state index in [0.29, 0.717) is 57.0 Å². The highest BCUT2D eigenvalue weighted by Crippen LogP contribution is 2.49. The number of cyclic esters (lactones) is 1. The van der Waals surface area contributed by atoms with E-state index in [9.17, 15) is 4.79 Å². The van der Waals surface area contributed by atoms with E-state index in [0.717, 1.165) is 0 Å². The first-order valence-corrected chi connectivity index (χ1v) is 9.77. The molecule has 2 aromatic carbocycles. The monoisotopic (exact) mass is 444 g/mol. The van der Waals surface area contributed by atoms with Crippen LogP contribution < -0.4 is 28.4 Å². The van der Waals surface area contributed by atoms with Crippen LogP contribution in [0.4, 0.5) is 0 Å². The summed E-state index contributed by atoms with van der Waals surface area (Å²) in [5, 5.41) is 0. The number of methoxy groups -OCH3 is 5. The number of rotatable bonds is 8. The smallest absolute Gasteiger partial charge is 0.338 e. The molecule has 2 aliphatic rings. The van der Waals surface area contributed by atoms with Gasteiger partial charge in [0.25, 0.3) is 0 Å². The van der Waals surface area contributed by atoms with Gasteiger partial charge in [-0.3, -0.25) is 0 Å². The van der Waals surface area contributed by atoms with Crippen LogP contribution >= 0.6 is 0 Å². The summed E-state index contributed by atoms with van der Waals surface area (Å²) in [6, 6.07) is 7.08. The lowest BCUT2D eigenvalue weighted by molar-refractivity contribution is -0.136. The Morgan fingerprint density at radius 2 is 1.38 bits per heavy atom. The summed E-state index contributed by atoms with van der Waals surface area (Å²) in [6.45, 7) is 0.142. The molecule has 1 unspecified atom stereocenters. The molecule has 32 heavy (non-hydrogen) atoms. The molecule has 0 fully saturated rings. The van der Waals surface area contributed by atoms with Crippen molar-refractivity contribution in [1.29, 1.82) is 0 Å². The molecule has 9 nitrogen and oxygen atoms in total. The summed E-state index contributed by atoms with van der Waals surface area (Å²) in [5.74, 6) is 2.23. The van der Waals surface area contributed by atoms with E-state index in [1.54, 1.807) is 31.4 Å². The number of hydrogen-bond donors (Lipinski definition) is 0. The second-order valence-corrected chi connectivity index (χ2v) is 6.96. The number of carbonyl (C=O) groups is 1. The van der Waals surface area contributed by atoms with Crippen LogP contribution in [0.15, 0.2) is 35.6 Å². The fraction of sp³-hybridized carbons (Fsp3) is 0.348. The van der Waals surface area contributed by atoms with Crippen LogP contribution in [0.25, 0.3) is 0 Å². The van der Waals surface area contributed by atoms with Gasteiger partial charge in [0.15, 0.2) is 23.0 Å². The Bertz CT molecular complexity index is 1050. The molecule has 9 heteroatoms. The van der Waals surface area contributed by atoms with Crippen molar-refractivity contribution in [2.24, 2.45) is 0 Å². The van der Waals surface area contributed by atoms with E-state index in [4.69, 9.17) is 37.9 Å². The molecule has 0 N–H and O–H groups in total. The van der Waals surface area contributed by atoms with Crippen molar-refractivity contribution in [2.75, 3.05) is 48.9 Å². The van der Waals surface area contributed by atoms with Crippen molar-refractivity contribution >= 4 is 5.97 Å². The third-order valence-electron chi connectivity index (χ3n) is 5.45. The first-order valence-electron chi connectivity index (χ1n) is 9.77. The first kappa shape index (κ1) is 21.5. The fourth-order valence-electron chi connectivity index (χ4n) is 3.96. The first-order chi connectivity index (χ1) is 15.6. The van der Waals surface area contributed by atoms with E-state index in [1.165, 1.54) is 28.4 Å². The lowest BCUT2D eigenvalue weighted by Crippen LogP contribution is -2.14. The van der Waals surface area contributed by atoms with Crippen molar-refractivity contribution in [2.45, 2.75) is 5.92 Å². The fourth-order valence-corrected chi connectivity index (χ4v) is 3.96. The van der Waals surface area contributed by atoms with Gasteiger partial charge in [-0.1, -0.05) is 0 Å². The molecule has 4 rings (SSSR count). The molecule has 0 spiro atoms. The number of carbonyl (C=O) groups excluding carboxylic acids is 1. The molecular formula is C23H24O9. The third kappa shape index (κ3) is 3.49. The number of ether oxygens (including phenoxy) is 8. The Morgan fingerprint density at radius 1 is 0.750 bits per heavy atom. The maximum atomic E-state index is 12.9. The molecule has 0 aliphatic carbocycles. The molecule has 170 valence electrons. The Labute approximate surface area is 185 Å². The predicted octanol–water partition coefficient (Wildman–Crippen LogP) is 3.04. The van der Waals surface area contributed by atoms with E-state index in [2.05, 4.69) is 0 Å². The molecule has 0 saturated heterocycles. The van der Waals surface area contributed by atoms with Crippen LogP contribution in [0, 0.1) is 0 Å². The lowest BCUT2D eigenvalue weighted by atomic mass is 9.83. The van der Waals surface area contributed by atoms with Crippen LogP contribution in [0.3, 0.4) is 0 Å². The van der Waals surface area contributed by atoms with Crippen molar-refractivity contribution in [3.8, 4) is 34.5 Å². The highest BCUT2D eigenvalue weighted by molar-refractivity contribution is 5.94. The zero-order valence-electron chi connectivity index (χ0n) is 18.5. The van der Waals surface area contributed by atoms with Crippen LogP contribution in [0.2, 0.25) is 0 Å². The van der Waals surface area contributed by atoms with Crippen molar-refractivity contribution in [3.63, 3.8) is 0 Å². The number of fused-ring (bicyclic) bond motifs is 1. The summed E-state index contributed by atoms with van der Waals surface area (Å²) in [5.41, 5.74) is 1.69. The van der Waals surface area contributed by atoms with Crippen molar-refractivity contribution in [3.05, 3.63) is 46.7 Å². The van der Waals surface area contributed by atoms with Gasteiger partial charge in [0.1, 0.15) is 18.1 Å². The van der Waals surface area contributed by atoms with Crippen molar-refractivity contribution < 1.29 is 42.7 Å². The molecule has 1 atom stereocenters. The van der Waals surface area contributed by atoms with Gasteiger partial charge in [-0.15, -0.1) is 0 Å².